The lowest BCUT2D eigenvalue weighted by Crippen LogP contribution is -2.65. The van der Waals surface area contributed by atoms with Gasteiger partial charge >= 0.3 is 0 Å². The van der Waals surface area contributed by atoms with Crippen LogP contribution in [0.15, 0.2) is 43.0 Å². The Morgan fingerprint density at radius 2 is 1.96 bits per heavy atom. The fraction of sp³-hybridized carbons (Fsp3) is 0.529. The van der Waals surface area contributed by atoms with Crippen LogP contribution in [0.5, 0.6) is 17.2 Å². The molecule has 2 N–H and O–H groups in total. The molecular formula is C34H42FN7O3. The molecule has 2 aliphatic heterocycles. The van der Waals surface area contributed by atoms with Gasteiger partial charge in [-0.2, -0.15) is 0 Å². The monoisotopic (exact) mass is 615 g/mol. The molecule has 2 aliphatic carbocycles. The summed E-state index contributed by atoms with van der Waals surface area (Å²) in [5.74, 6) is 1.59. The molecule has 1 aromatic carbocycles. The fourth-order valence-corrected chi connectivity index (χ4v) is 7.52. The van der Waals surface area contributed by atoms with E-state index in [1.54, 1.807) is 11.1 Å². The van der Waals surface area contributed by atoms with Crippen molar-refractivity contribution in [2.75, 3.05) is 31.1 Å². The Bertz CT molecular complexity index is 1570. The molecule has 4 aliphatic rings. The second-order valence-electron chi connectivity index (χ2n) is 13.5. The largest absolute Gasteiger partial charge is 0.490 e. The smallest absolute Gasteiger partial charge is 0.257 e. The molecule has 2 aromatic heterocycles. The standard InChI is InChI=1S/C34H42FN7O3/c1-4-42(21(2)3)33(43)26-11-22(35)5-6-29(26)45-31-16-37-20-39-32(31)41-18-34(19-41)14-25(15-34)44-30-7-9-38-28-8-10-40(17-27(28)30)24-12-23(36)13-24/h5-7,9,11,16,20-21,23-25H,4,8,10,12-15,17-19,36H2,1-3H3. The minimum absolute atomic E-state index is 0.0349. The lowest BCUT2D eigenvalue weighted by molar-refractivity contribution is -0.0355. The molecule has 1 saturated heterocycles. The molecule has 1 amide bonds. The second kappa shape index (κ2) is 11.8. The molecule has 4 heterocycles. The Kier molecular flexibility index (Phi) is 7.85. The van der Waals surface area contributed by atoms with Crippen LogP contribution in [0.25, 0.3) is 0 Å². The van der Waals surface area contributed by atoms with Gasteiger partial charge in [-0.15, -0.1) is 0 Å². The van der Waals surface area contributed by atoms with Gasteiger partial charge in [-0.3, -0.25) is 14.7 Å². The van der Waals surface area contributed by atoms with E-state index in [-0.39, 0.29) is 34.8 Å². The number of ether oxygens (including phenoxy) is 2. The normalized spacial score (nSPS) is 22.3. The number of hydrogen-bond donors (Lipinski definition) is 1. The van der Waals surface area contributed by atoms with E-state index in [0.29, 0.717) is 30.2 Å². The third-order valence-electron chi connectivity index (χ3n) is 10.0. The molecule has 0 radical (unpaired) electrons. The van der Waals surface area contributed by atoms with Gasteiger partial charge in [-0.25, -0.2) is 14.4 Å². The number of fused-ring (bicyclic) bond motifs is 1. The van der Waals surface area contributed by atoms with E-state index in [0.717, 1.165) is 69.7 Å². The van der Waals surface area contributed by atoms with Crippen LogP contribution in [-0.2, 0) is 13.0 Å². The number of benzene rings is 1. The maximum Gasteiger partial charge on any atom is 0.257 e. The van der Waals surface area contributed by atoms with Crippen molar-refractivity contribution in [1.82, 2.24) is 24.8 Å². The van der Waals surface area contributed by atoms with Crippen LogP contribution in [0.3, 0.4) is 0 Å². The van der Waals surface area contributed by atoms with Gasteiger partial charge in [0.2, 0.25) is 0 Å². The topological polar surface area (TPSA) is 110 Å². The average Bonchev–Trinajstić information content (AvgIpc) is 2.97. The molecule has 238 valence electrons. The third-order valence-corrected chi connectivity index (χ3v) is 10.0. The summed E-state index contributed by atoms with van der Waals surface area (Å²) in [7, 11) is 0. The first-order valence-corrected chi connectivity index (χ1v) is 16.2. The Morgan fingerprint density at radius 3 is 2.69 bits per heavy atom. The molecule has 3 fully saturated rings. The van der Waals surface area contributed by atoms with Crippen molar-refractivity contribution in [2.45, 2.75) is 83.6 Å². The van der Waals surface area contributed by atoms with Crippen molar-refractivity contribution in [3.05, 3.63) is 65.6 Å². The maximum absolute atomic E-state index is 14.3. The van der Waals surface area contributed by atoms with Gasteiger partial charge < -0.3 is 25.0 Å². The zero-order valence-electron chi connectivity index (χ0n) is 26.3. The molecule has 0 unspecified atom stereocenters. The average molecular weight is 616 g/mol. The van der Waals surface area contributed by atoms with Crippen LogP contribution < -0.4 is 20.1 Å². The summed E-state index contributed by atoms with van der Waals surface area (Å²) in [6, 6.07) is 6.93. The molecule has 1 spiro atoms. The van der Waals surface area contributed by atoms with Crippen molar-refractivity contribution >= 4 is 11.7 Å². The van der Waals surface area contributed by atoms with E-state index < -0.39 is 5.82 Å². The van der Waals surface area contributed by atoms with E-state index >= 15 is 0 Å². The van der Waals surface area contributed by atoms with Gasteiger partial charge in [0.25, 0.3) is 5.91 Å². The van der Waals surface area contributed by atoms with Crippen molar-refractivity contribution < 1.29 is 18.7 Å². The lowest BCUT2D eigenvalue weighted by Gasteiger charge is -2.59. The van der Waals surface area contributed by atoms with Crippen LogP contribution in [0, 0.1) is 11.2 Å². The SMILES string of the molecule is CCN(C(=O)c1cc(F)ccc1Oc1cncnc1N1CC2(CC(Oc3ccnc4c3CN(C3CC(N)C3)CC4)C2)C1)C(C)C. The predicted octanol–water partition coefficient (Wildman–Crippen LogP) is 4.57. The quantitative estimate of drug-likeness (QED) is 0.370. The summed E-state index contributed by atoms with van der Waals surface area (Å²) in [4.78, 5) is 33.1. The number of nitrogens with zero attached hydrogens (tertiary/aromatic N) is 6. The molecule has 10 nitrogen and oxygen atoms in total. The first-order chi connectivity index (χ1) is 21.7. The van der Waals surface area contributed by atoms with Crippen molar-refractivity contribution in [3.63, 3.8) is 0 Å². The highest BCUT2D eigenvalue weighted by Crippen LogP contribution is 2.52. The molecule has 45 heavy (non-hydrogen) atoms. The summed E-state index contributed by atoms with van der Waals surface area (Å²) in [5, 5.41) is 0. The highest BCUT2D eigenvalue weighted by Gasteiger charge is 2.54. The van der Waals surface area contributed by atoms with E-state index in [1.807, 2.05) is 33.0 Å². The molecular weight excluding hydrogens is 573 g/mol. The first-order valence-electron chi connectivity index (χ1n) is 16.2. The van der Waals surface area contributed by atoms with Crippen LogP contribution >= 0.6 is 0 Å². The summed E-state index contributed by atoms with van der Waals surface area (Å²) in [5.41, 5.74) is 8.80. The number of aromatic nitrogens is 3. The lowest BCUT2D eigenvalue weighted by atomic mass is 9.61. The summed E-state index contributed by atoms with van der Waals surface area (Å²) >= 11 is 0. The van der Waals surface area contributed by atoms with Crippen LogP contribution in [0.1, 0.15) is 68.1 Å². The predicted molar refractivity (Wildman–Crippen MR) is 168 cm³/mol. The second-order valence-corrected chi connectivity index (χ2v) is 13.5. The van der Waals surface area contributed by atoms with Crippen LogP contribution in [0.2, 0.25) is 0 Å². The Morgan fingerprint density at radius 1 is 1.16 bits per heavy atom. The maximum atomic E-state index is 14.3. The van der Waals surface area contributed by atoms with E-state index in [9.17, 15) is 9.18 Å². The number of halogens is 1. The Balaban J connectivity index is 0.995. The zero-order valence-corrected chi connectivity index (χ0v) is 26.3. The summed E-state index contributed by atoms with van der Waals surface area (Å²) in [6.07, 6.45) is 10.2. The van der Waals surface area contributed by atoms with Crippen molar-refractivity contribution in [1.29, 1.82) is 0 Å². The van der Waals surface area contributed by atoms with Gasteiger partial charge in [0.05, 0.1) is 11.8 Å². The Hall–Kier alpha value is -3.83. The number of carbonyl (C=O) groups excluding carboxylic acids is 1. The zero-order chi connectivity index (χ0) is 31.3. The number of nitrogens with two attached hydrogens (primary N) is 1. The molecule has 7 rings (SSSR count). The van der Waals surface area contributed by atoms with Gasteiger partial charge in [0.15, 0.2) is 11.6 Å². The Labute approximate surface area is 263 Å². The number of pyridine rings is 1. The van der Waals surface area contributed by atoms with Crippen LogP contribution in [-0.4, -0.2) is 81.1 Å². The highest BCUT2D eigenvalue weighted by molar-refractivity contribution is 5.97. The number of amides is 1. The molecule has 2 saturated carbocycles. The molecule has 3 aromatic rings. The number of carbonyl (C=O) groups is 1. The minimum atomic E-state index is -0.491. The third kappa shape index (κ3) is 5.72. The number of rotatable bonds is 9. The fourth-order valence-electron chi connectivity index (χ4n) is 7.52. The van der Waals surface area contributed by atoms with E-state index in [1.165, 1.54) is 30.1 Å². The minimum Gasteiger partial charge on any atom is -0.490 e. The molecule has 11 heteroatoms. The van der Waals surface area contributed by atoms with Gasteiger partial charge in [-0.05, 0) is 70.7 Å². The van der Waals surface area contributed by atoms with Crippen LogP contribution in [0.4, 0.5) is 10.2 Å². The highest BCUT2D eigenvalue weighted by atomic mass is 19.1. The number of hydrogen-bond acceptors (Lipinski definition) is 9. The van der Waals surface area contributed by atoms with Gasteiger partial charge in [0.1, 0.15) is 29.7 Å². The van der Waals surface area contributed by atoms with Crippen molar-refractivity contribution in [3.8, 4) is 17.2 Å². The van der Waals surface area contributed by atoms with Gasteiger partial charge in [0, 0.05) is 80.1 Å². The molecule has 0 atom stereocenters. The first kappa shape index (κ1) is 29.9. The summed E-state index contributed by atoms with van der Waals surface area (Å²) in [6.45, 7) is 9.86. The molecule has 0 bridgehead atoms. The summed E-state index contributed by atoms with van der Waals surface area (Å²) < 4.78 is 27.1. The van der Waals surface area contributed by atoms with E-state index in [4.69, 9.17) is 15.2 Å². The van der Waals surface area contributed by atoms with Crippen molar-refractivity contribution in [2.24, 2.45) is 11.1 Å². The van der Waals surface area contributed by atoms with Gasteiger partial charge in [-0.1, -0.05) is 0 Å². The van der Waals surface area contributed by atoms with E-state index in [2.05, 4.69) is 24.8 Å². The number of anilines is 1.